The molecule has 70 valence electrons. The van der Waals surface area contributed by atoms with Gasteiger partial charge in [-0.2, -0.15) is 0 Å². The first-order chi connectivity index (χ1) is 5.95. The number of aromatic carboxylic acids is 1. The second-order valence-electron chi connectivity index (χ2n) is 2.26. The molecule has 3 nitrogen and oxygen atoms in total. The molecule has 0 radical (unpaired) electrons. The highest BCUT2D eigenvalue weighted by Crippen LogP contribution is 2.26. The molecule has 0 saturated heterocycles. The van der Waals surface area contributed by atoms with Gasteiger partial charge in [-0.1, -0.05) is 11.6 Å². The zero-order valence-corrected chi connectivity index (χ0v) is 6.90. The average molecular weight is 208 g/mol. The Kier molecular flexibility index (Phi) is 2.38. The van der Waals surface area contributed by atoms with Crippen LogP contribution < -0.4 is 5.73 Å². The lowest BCUT2D eigenvalue weighted by molar-refractivity contribution is 0.0696. The standard InChI is InChI=1S/C7H4ClF2NO2/c8-4-2(7(12)13)1-3(11)5(9)6(4)10/h1H,11H2,(H,12,13). The molecule has 0 aromatic heterocycles. The van der Waals surface area contributed by atoms with Crippen molar-refractivity contribution in [2.45, 2.75) is 0 Å². The van der Waals surface area contributed by atoms with Gasteiger partial charge in [0.25, 0.3) is 0 Å². The van der Waals surface area contributed by atoms with Gasteiger partial charge in [0.05, 0.1) is 16.3 Å². The molecule has 3 N–H and O–H groups in total. The van der Waals surface area contributed by atoms with Crippen molar-refractivity contribution in [1.82, 2.24) is 0 Å². The van der Waals surface area contributed by atoms with E-state index in [1.807, 2.05) is 0 Å². The van der Waals surface area contributed by atoms with Crippen molar-refractivity contribution >= 4 is 23.3 Å². The summed E-state index contributed by atoms with van der Waals surface area (Å²) >= 11 is 5.21. The summed E-state index contributed by atoms with van der Waals surface area (Å²) in [6.07, 6.45) is 0. The summed E-state index contributed by atoms with van der Waals surface area (Å²) in [5.74, 6) is -4.25. The van der Waals surface area contributed by atoms with Crippen molar-refractivity contribution in [3.05, 3.63) is 28.3 Å². The van der Waals surface area contributed by atoms with Gasteiger partial charge in [-0.3, -0.25) is 0 Å². The average Bonchev–Trinajstić information content (AvgIpc) is 2.07. The number of nitrogens with two attached hydrogens (primary N) is 1. The second-order valence-corrected chi connectivity index (χ2v) is 2.64. The maximum absolute atomic E-state index is 12.8. The van der Waals surface area contributed by atoms with E-state index in [9.17, 15) is 13.6 Å². The van der Waals surface area contributed by atoms with E-state index in [-0.39, 0.29) is 0 Å². The number of benzene rings is 1. The third-order valence-electron chi connectivity index (χ3n) is 1.41. The van der Waals surface area contributed by atoms with Crippen LogP contribution >= 0.6 is 11.6 Å². The molecule has 0 amide bonds. The van der Waals surface area contributed by atoms with Crippen molar-refractivity contribution in [2.75, 3.05) is 5.73 Å². The van der Waals surface area contributed by atoms with Gasteiger partial charge in [-0.15, -0.1) is 0 Å². The van der Waals surface area contributed by atoms with Crippen LogP contribution in [0.5, 0.6) is 0 Å². The van der Waals surface area contributed by atoms with Gasteiger partial charge in [0.15, 0.2) is 11.6 Å². The maximum atomic E-state index is 12.8. The van der Waals surface area contributed by atoms with Gasteiger partial charge in [0.1, 0.15) is 0 Å². The van der Waals surface area contributed by atoms with E-state index in [0.29, 0.717) is 0 Å². The van der Waals surface area contributed by atoms with Crippen molar-refractivity contribution in [2.24, 2.45) is 0 Å². The lowest BCUT2D eigenvalue weighted by Gasteiger charge is -2.03. The summed E-state index contributed by atoms with van der Waals surface area (Å²) < 4.78 is 25.4. The molecule has 0 bridgehead atoms. The second kappa shape index (κ2) is 3.18. The Labute approximate surface area is 76.7 Å². The van der Waals surface area contributed by atoms with Crippen LogP contribution in [0.3, 0.4) is 0 Å². The van der Waals surface area contributed by atoms with E-state index in [4.69, 9.17) is 22.4 Å². The number of hydrogen-bond donors (Lipinski definition) is 2. The fourth-order valence-electron chi connectivity index (χ4n) is 0.779. The Morgan fingerprint density at radius 2 is 2.00 bits per heavy atom. The van der Waals surface area contributed by atoms with Crippen molar-refractivity contribution in [1.29, 1.82) is 0 Å². The van der Waals surface area contributed by atoms with Gasteiger partial charge >= 0.3 is 5.97 Å². The minimum atomic E-state index is -1.46. The van der Waals surface area contributed by atoms with Crippen molar-refractivity contribution in [3.8, 4) is 0 Å². The summed E-state index contributed by atoms with van der Waals surface area (Å²) in [6, 6.07) is 0.767. The molecule has 0 aliphatic rings. The first-order valence-electron chi connectivity index (χ1n) is 3.11. The Hall–Kier alpha value is -1.36. The summed E-state index contributed by atoms with van der Waals surface area (Å²) in [5.41, 5.74) is 3.85. The fourth-order valence-corrected chi connectivity index (χ4v) is 0.998. The van der Waals surface area contributed by atoms with E-state index >= 15 is 0 Å². The van der Waals surface area contributed by atoms with Crippen LogP contribution in [0.1, 0.15) is 10.4 Å². The topological polar surface area (TPSA) is 63.3 Å². The highest BCUT2D eigenvalue weighted by molar-refractivity contribution is 6.33. The number of anilines is 1. The van der Waals surface area contributed by atoms with Crippen molar-refractivity contribution in [3.63, 3.8) is 0 Å². The lowest BCUT2D eigenvalue weighted by atomic mass is 10.2. The normalized spacial score (nSPS) is 10.1. The molecular weight excluding hydrogens is 204 g/mol. The molecule has 0 atom stereocenters. The van der Waals surface area contributed by atoms with Crippen LogP contribution in [-0.2, 0) is 0 Å². The highest BCUT2D eigenvalue weighted by atomic mass is 35.5. The third-order valence-corrected chi connectivity index (χ3v) is 1.78. The van der Waals surface area contributed by atoms with Crippen LogP contribution in [0.25, 0.3) is 0 Å². The number of hydrogen-bond acceptors (Lipinski definition) is 2. The Morgan fingerprint density at radius 1 is 1.46 bits per heavy atom. The molecular formula is C7H4ClF2NO2. The van der Waals surface area contributed by atoms with Crippen LogP contribution in [-0.4, -0.2) is 11.1 Å². The summed E-state index contributed by atoms with van der Waals surface area (Å²) in [4.78, 5) is 10.4. The first-order valence-corrected chi connectivity index (χ1v) is 3.49. The maximum Gasteiger partial charge on any atom is 0.337 e. The molecule has 13 heavy (non-hydrogen) atoms. The van der Waals surface area contributed by atoms with Crippen LogP contribution in [0.15, 0.2) is 6.07 Å². The van der Waals surface area contributed by atoms with Gasteiger partial charge < -0.3 is 10.8 Å². The number of carboxylic acids is 1. The SMILES string of the molecule is Nc1cc(C(=O)O)c(Cl)c(F)c1F. The van der Waals surface area contributed by atoms with Crippen LogP contribution in [0.4, 0.5) is 14.5 Å². The van der Waals surface area contributed by atoms with E-state index in [1.165, 1.54) is 0 Å². The molecule has 6 heteroatoms. The number of carbonyl (C=O) groups is 1. The lowest BCUT2D eigenvalue weighted by Crippen LogP contribution is -2.04. The summed E-state index contributed by atoms with van der Waals surface area (Å²) in [5, 5.41) is 7.70. The van der Waals surface area contributed by atoms with Gasteiger partial charge in [-0.25, -0.2) is 13.6 Å². The molecule has 0 heterocycles. The van der Waals surface area contributed by atoms with Crippen LogP contribution in [0.2, 0.25) is 5.02 Å². The van der Waals surface area contributed by atoms with Crippen LogP contribution in [0, 0.1) is 11.6 Å². The van der Waals surface area contributed by atoms with Gasteiger partial charge in [0.2, 0.25) is 0 Å². The third kappa shape index (κ3) is 1.55. The van der Waals surface area contributed by atoms with E-state index < -0.39 is 33.9 Å². The molecule has 0 unspecified atom stereocenters. The fraction of sp³-hybridized carbons (Fsp3) is 0. The smallest absolute Gasteiger partial charge is 0.337 e. The minimum Gasteiger partial charge on any atom is -0.478 e. The predicted molar refractivity (Wildman–Crippen MR) is 42.7 cm³/mol. The molecule has 1 rings (SSSR count). The monoisotopic (exact) mass is 207 g/mol. The quantitative estimate of drug-likeness (QED) is 0.546. The highest BCUT2D eigenvalue weighted by Gasteiger charge is 2.19. The summed E-state index contributed by atoms with van der Waals surface area (Å²) in [6.45, 7) is 0. The van der Waals surface area contributed by atoms with E-state index in [2.05, 4.69) is 0 Å². The Morgan fingerprint density at radius 3 is 2.46 bits per heavy atom. The Balaban J connectivity index is 3.50. The summed E-state index contributed by atoms with van der Waals surface area (Å²) in [7, 11) is 0. The largest absolute Gasteiger partial charge is 0.478 e. The molecule has 1 aromatic rings. The molecule has 0 saturated carbocycles. The minimum absolute atomic E-state index is 0.557. The first kappa shape index (κ1) is 9.73. The Bertz CT molecular complexity index is 381. The molecule has 0 aliphatic heterocycles. The number of rotatable bonds is 1. The van der Waals surface area contributed by atoms with E-state index in [1.54, 1.807) is 0 Å². The number of nitrogen functional groups attached to an aromatic ring is 1. The molecule has 0 spiro atoms. The molecule has 0 aliphatic carbocycles. The number of carboxylic acid groups (broad SMARTS) is 1. The van der Waals surface area contributed by atoms with Gasteiger partial charge in [0, 0.05) is 0 Å². The zero-order chi connectivity index (χ0) is 10.2. The molecule has 0 fully saturated rings. The van der Waals surface area contributed by atoms with E-state index in [0.717, 1.165) is 6.07 Å². The number of halogens is 3. The van der Waals surface area contributed by atoms with Crippen molar-refractivity contribution < 1.29 is 18.7 Å². The predicted octanol–water partition coefficient (Wildman–Crippen LogP) is 1.90. The zero-order valence-electron chi connectivity index (χ0n) is 6.14. The van der Waals surface area contributed by atoms with Gasteiger partial charge in [-0.05, 0) is 6.07 Å². The molecule has 1 aromatic carbocycles.